The number of halogens is 1. The number of hydrogen-bond donors (Lipinski definition) is 1. The lowest BCUT2D eigenvalue weighted by Crippen LogP contribution is -2.27. The fraction of sp³-hybridized carbons (Fsp3) is 0.364. The summed E-state index contributed by atoms with van der Waals surface area (Å²) in [4.78, 5) is 0. The maximum absolute atomic E-state index is 8.42. The highest BCUT2D eigenvalue weighted by molar-refractivity contribution is 6.32. The molecule has 3 nitrogen and oxygen atoms in total. The molecule has 4 heteroatoms. The van der Waals surface area contributed by atoms with Crippen molar-refractivity contribution in [3.8, 4) is 11.8 Å². The van der Waals surface area contributed by atoms with E-state index in [-0.39, 0.29) is 12.5 Å². The summed E-state index contributed by atoms with van der Waals surface area (Å²) in [6, 6.07) is 7.26. The van der Waals surface area contributed by atoms with E-state index in [1.165, 1.54) is 0 Å². The van der Waals surface area contributed by atoms with E-state index in [1.807, 2.05) is 25.1 Å². The highest BCUT2D eigenvalue weighted by Gasteiger charge is 2.05. The average molecular weight is 225 g/mol. The van der Waals surface area contributed by atoms with Gasteiger partial charge in [-0.1, -0.05) is 17.7 Å². The van der Waals surface area contributed by atoms with Crippen LogP contribution in [0, 0.1) is 18.3 Å². The SMILES string of the molecule is Cc1ccc(Cl)c(OCC(N)CC#N)c1. The van der Waals surface area contributed by atoms with Crippen molar-refractivity contribution in [3.63, 3.8) is 0 Å². The number of aryl methyl sites for hydroxylation is 1. The molecule has 15 heavy (non-hydrogen) atoms. The topological polar surface area (TPSA) is 59.0 Å². The van der Waals surface area contributed by atoms with Crippen molar-refractivity contribution in [1.29, 1.82) is 5.26 Å². The summed E-state index contributed by atoms with van der Waals surface area (Å²) < 4.78 is 5.42. The fourth-order valence-electron chi connectivity index (χ4n) is 1.09. The number of nitriles is 1. The van der Waals surface area contributed by atoms with E-state index in [0.29, 0.717) is 17.4 Å². The molecule has 0 aliphatic heterocycles. The summed E-state index contributed by atoms with van der Waals surface area (Å²) in [5.41, 5.74) is 6.70. The first-order chi connectivity index (χ1) is 7.13. The molecule has 0 radical (unpaired) electrons. The third kappa shape index (κ3) is 3.78. The standard InChI is InChI=1S/C11H13ClN2O/c1-8-2-3-10(12)11(6-8)15-7-9(14)4-5-13/h2-3,6,9H,4,7,14H2,1H3. The minimum Gasteiger partial charge on any atom is -0.490 e. The minimum atomic E-state index is -0.272. The monoisotopic (exact) mass is 224 g/mol. The first kappa shape index (κ1) is 11.8. The largest absolute Gasteiger partial charge is 0.490 e. The Balaban J connectivity index is 2.57. The van der Waals surface area contributed by atoms with Gasteiger partial charge in [0.05, 0.1) is 23.6 Å². The summed E-state index contributed by atoms with van der Waals surface area (Å²) >= 11 is 5.93. The van der Waals surface area contributed by atoms with Crippen LogP contribution in [-0.2, 0) is 0 Å². The predicted molar refractivity (Wildman–Crippen MR) is 59.9 cm³/mol. The van der Waals surface area contributed by atoms with Gasteiger partial charge in [-0.15, -0.1) is 0 Å². The van der Waals surface area contributed by atoms with Crippen molar-refractivity contribution in [1.82, 2.24) is 0 Å². The molecule has 0 aromatic heterocycles. The highest BCUT2D eigenvalue weighted by atomic mass is 35.5. The molecule has 1 unspecified atom stereocenters. The van der Waals surface area contributed by atoms with Crippen LogP contribution in [0.5, 0.6) is 5.75 Å². The van der Waals surface area contributed by atoms with Gasteiger partial charge in [0.1, 0.15) is 12.4 Å². The van der Waals surface area contributed by atoms with Crippen molar-refractivity contribution in [2.75, 3.05) is 6.61 Å². The Morgan fingerprint density at radius 1 is 1.60 bits per heavy atom. The molecule has 0 bridgehead atoms. The van der Waals surface area contributed by atoms with E-state index in [9.17, 15) is 0 Å². The lowest BCUT2D eigenvalue weighted by molar-refractivity contribution is 0.290. The summed E-state index contributed by atoms with van der Waals surface area (Å²) in [5, 5.41) is 8.98. The van der Waals surface area contributed by atoms with Crippen molar-refractivity contribution in [3.05, 3.63) is 28.8 Å². The van der Waals surface area contributed by atoms with Gasteiger partial charge in [0, 0.05) is 0 Å². The molecule has 0 fully saturated rings. The number of nitrogens with zero attached hydrogens (tertiary/aromatic N) is 1. The van der Waals surface area contributed by atoms with E-state index in [4.69, 9.17) is 27.3 Å². The van der Waals surface area contributed by atoms with Crippen molar-refractivity contribution < 1.29 is 4.74 Å². The number of benzene rings is 1. The molecule has 0 aliphatic rings. The van der Waals surface area contributed by atoms with Gasteiger partial charge in [0.2, 0.25) is 0 Å². The van der Waals surface area contributed by atoms with Crippen LogP contribution in [-0.4, -0.2) is 12.6 Å². The Kier molecular flexibility index (Phi) is 4.41. The van der Waals surface area contributed by atoms with Crippen molar-refractivity contribution >= 4 is 11.6 Å². The predicted octanol–water partition coefficient (Wildman–Crippen LogP) is 2.27. The van der Waals surface area contributed by atoms with Crippen LogP contribution in [0.15, 0.2) is 18.2 Å². The number of hydrogen-bond acceptors (Lipinski definition) is 3. The molecule has 0 aliphatic carbocycles. The van der Waals surface area contributed by atoms with Crippen LogP contribution >= 0.6 is 11.6 Å². The minimum absolute atomic E-state index is 0.272. The van der Waals surface area contributed by atoms with Crippen LogP contribution < -0.4 is 10.5 Å². The Hall–Kier alpha value is -1.24. The van der Waals surface area contributed by atoms with Crippen LogP contribution in [0.3, 0.4) is 0 Å². The van der Waals surface area contributed by atoms with Gasteiger partial charge < -0.3 is 10.5 Å². The maximum atomic E-state index is 8.42. The van der Waals surface area contributed by atoms with Crippen LogP contribution in [0.1, 0.15) is 12.0 Å². The molecule has 80 valence electrons. The molecule has 0 heterocycles. The Morgan fingerprint density at radius 3 is 3.00 bits per heavy atom. The van der Waals surface area contributed by atoms with Gasteiger partial charge in [0.25, 0.3) is 0 Å². The Morgan fingerprint density at radius 2 is 2.33 bits per heavy atom. The second-order valence-corrected chi connectivity index (χ2v) is 3.77. The smallest absolute Gasteiger partial charge is 0.138 e. The molecule has 0 saturated carbocycles. The molecule has 1 aromatic rings. The maximum Gasteiger partial charge on any atom is 0.138 e. The van der Waals surface area contributed by atoms with Gasteiger partial charge in [-0.05, 0) is 24.6 Å². The van der Waals surface area contributed by atoms with E-state index in [1.54, 1.807) is 6.07 Å². The molecule has 1 aromatic carbocycles. The average Bonchev–Trinajstić information content (AvgIpc) is 2.20. The molecular weight excluding hydrogens is 212 g/mol. The third-order valence-electron chi connectivity index (χ3n) is 1.89. The first-order valence-corrected chi connectivity index (χ1v) is 5.02. The Bertz CT molecular complexity index is 373. The normalized spacial score (nSPS) is 11.9. The summed E-state index contributed by atoms with van der Waals surface area (Å²) in [6.07, 6.45) is 0.281. The third-order valence-corrected chi connectivity index (χ3v) is 2.21. The van der Waals surface area contributed by atoms with E-state index >= 15 is 0 Å². The number of ether oxygens (including phenoxy) is 1. The van der Waals surface area contributed by atoms with Crippen LogP contribution in [0.2, 0.25) is 5.02 Å². The van der Waals surface area contributed by atoms with Gasteiger partial charge in [-0.25, -0.2) is 0 Å². The number of rotatable bonds is 4. The summed E-state index contributed by atoms with van der Waals surface area (Å²) in [5.74, 6) is 0.616. The Labute approximate surface area is 94.4 Å². The van der Waals surface area contributed by atoms with E-state index < -0.39 is 0 Å². The zero-order valence-electron chi connectivity index (χ0n) is 8.53. The lowest BCUT2D eigenvalue weighted by atomic mass is 10.2. The molecule has 1 atom stereocenters. The second-order valence-electron chi connectivity index (χ2n) is 3.37. The first-order valence-electron chi connectivity index (χ1n) is 4.65. The molecule has 1 rings (SSSR count). The van der Waals surface area contributed by atoms with Gasteiger partial charge >= 0.3 is 0 Å². The molecule has 0 amide bonds. The summed E-state index contributed by atoms with van der Waals surface area (Å²) in [7, 11) is 0. The zero-order chi connectivity index (χ0) is 11.3. The van der Waals surface area contributed by atoms with Gasteiger partial charge in [-0.2, -0.15) is 5.26 Å². The lowest BCUT2D eigenvalue weighted by Gasteiger charge is -2.11. The van der Waals surface area contributed by atoms with E-state index in [2.05, 4.69) is 0 Å². The van der Waals surface area contributed by atoms with Gasteiger partial charge in [0.15, 0.2) is 0 Å². The van der Waals surface area contributed by atoms with Crippen molar-refractivity contribution in [2.24, 2.45) is 5.73 Å². The molecule has 2 N–H and O–H groups in total. The molecule has 0 saturated heterocycles. The fourth-order valence-corrected chi connectivity index (χ4v) is 1.27. The van der Waals surface area contributed by atoms with Crippen LogP contribution in [0.25, 0.3) is 0 Å². The second kappa shape index (κ2) is 5.59. The summed E-state index contributed by atoms with van der Waals surface area (Å²) in [6.45, 7) is 2.26. The quantitative estimate of drug-likeness (QED) is 0.854. The number of nitrogens with two attached hydrogens (primary N) is 1. The highest BCUT2D eigenvalue weighted by Crippen LogP contribution is 2.25. The van der Waals surface area contributed by atoms with E-state index in [0.717, 1.165) is 5.56 Å². The molecule has 0 spiro atoms. The zero-order valence-corrected chi connectivity index (χ0v) is 9.29. The van der Waals surface area contributed by atoms with Crippen LogP contribution in [0.4, 0.5) is 0 Å². The van der Waals surface area contributed by atoms with Gasteiger partial charge in [-0.3, -0.25) is 0 Å². The van der Waals surface area contributed by atoms with Crippen molar-refractivity contribution in [2.45, 2.75) is 19.4 Å². The molecular formula is C11H13ClN2O.